The van der Waals surface area contributed by atoms with Gasteiger partial charge in [0, 0.05) is 12.1 Å². The summed E-state index contributed by atoms with van der Waals surface area (Å²) in [6.45, 7) is 0.0700. The Morgan fingerprint density at radius 3 is 2.22 bits per heavy atom. The van der Waals surface area contributed by atoms with Crippen LogP contribution in [0.5, 0.6) is 5.75 Å². The summed E-state index contributed by atoms with van der Waals surface area (Å²) in [5, 5.41) is 5.15. The van der Waals surface area contributed by atoms with E-state index in [1.165, 1.54) is 36.3 Å². The molecule has 2 N–H and O–H groups in total. The van der Waals surface area contributed by atoms with Crippen molar-refractivity contribution in [3.63, 3.8) is 0 Å². The summed E-state index contributed by atoms with van der Waals surface area (Å²) >= 11 is 0. The molecule has 1 aliphatic heterocycles. The lowest BCUT2D eigenvalue weighted by molar-refractivity contribution is -0.122. The van der Waals surface area contributed by atoms with E-state index in [4.69, 9.17) is 9.88 Å². The third-order valence-electron chi connectivity index (χ3n) is 6.07. The van der Waals surface area contributed by atoms with E-state index in [-0.39, 0.29) is 30.0 Å². The molecule has 1 unspecified atom stereocenters. The molecule has 1 saturated heterocycles. The number of nitrogens with zero attached hydrogens (tertiary/aromatic N) is 2. The van der Waals surface area contributed by atoms with Gasteiger partial charge in [0.25, 0.3) is 11.8 Å². The number of ether oxygens (including phenoxy) is 1. The van der Waals surface area contributed by atoms with E-state index in [0.29, 0.717) is 16.9 Å². The molecule has 1 fully saturated rings. The van der Waals surface area contributed by atoms with Gasteiger partial charge in [0.15, 0.2) is 0 Å². The average molecular weight is 526 g/mol. The van der Waals surface area contributed by atoms with Crippen LogP contribution in [-0.2, 0) is 26.0 Å². The van der Waals surface area contributed by atoms with Gasteiger partial charge in [-0.2, -0.15) is 0 Å². The van der Waals surface area contributed by atoms with E-state index < -0.39 is 39.6 Å². The van der Waals surface area contributed by atoms with Gasteiger partial charge in [0.05, 0.1) is 24.1 Å². The molecule has 3 aromatic carbocycles. The van der Waals surface area contributed by atoms with Gasteiger partial charge < -0.3 is 9.64 Å². The van der Waals surface area contributed by atoms with Crippen molar-refractivity contribution in [3.05, 3.63) is 89.7 Å². The summed E-state index contributed by atoms with van der Waals surface area (Å²) in [6.07, 6.45) is 0.0454. The molecule has 0 radical (unpaired) electrons. The number of imide groups is 1. The van der Waals surface area contributed by atoms with Crippen LogP contribution in [0, 0.1) is 5.82 Å². The van der Waals surface area contributed by atoms with Crippen molar-refractivity contribution in [1.82, 2.24) is 4.90 Å². The van der Waals surface area contributed by atoms with Crippen molar-refractivity contribution in [2.75, 3.05) is 18.6 Å². The van der Waals surface area contributed by atoms with E-state index in [1.807, 2.05) is 0 Å². The van der Waals surface area contributed by atoms with Gasteiger partial charge in [-0.3, -0.25) is 14.4 Å². The van der Waals surface area contributed by atoms with Gasteiger partial charge in [0.2, 0.25) is 15.9 Å². The van der Waals surface area contributed by atoms with Crippen molar-refractivity contribution < 1.29 is 31.9 Å². The Morgan fingerprint density at radius 2 is 1.65 bits per heavy atom. The minimum atomic E-state index is -3.85. The van der Waals surface area contributed by atoms with Gasteiger partial charge in [-0.05, 0) is 72.6 Å². The molecule has 1 aliphatic rings. The first-order valence-corrected chi connectivity index (χ1v) is 12.8. The van der Waals surface area contributed by atoms with Crippen LogP contribution in [0.1, 0.15) is 22.3 Å². The smallest absolute Gasteiger partial charge is 0.257 e. The van der Waals surface area contributed by atoms with Crippen LogP contribution in [0.4, 0.5) is 10.1 Å². The predicted octanol–water partition coefficient (Wildman–Crippen LogP) is 2.50. The number of halogens is 1. The Bertz CT molecular complexity index is 1420. The standard InChI is InChI=1S/C26H24FN3O6S/c1-36-21-10-4-18(5-11-21)25(32)29(15-14-17-2-12-22(13-3-17)37(28,34)35)23-16-24(31)30(26(23)33)20-8-6-19(27)7-9-20/h2-13,23H,14-16H2,1H3,(H2,28,34,35). The second-order valence-electron chi connectivity index (χ2n) is 8.43. The molecule has 3 amide bonds. The summed E-state index contributed by atoms with van der Waals surface area (Å²) in [7, 11) is -2.36. The number of primary sulfonamides is 1. The first-order chi connectivity index (χ1) is 17.6. The largest absolute Gasteiger partial charge is 0.497 e. The maximum absolute atomic E-state index is 13.5. The SMILES string of the molecule is COc1ccc(C(=O)N(CCc2ccc(S(N)(=O)=O)cc2)C2CC(=O)N(c3ccc(F)cc3)C2=O)cc1. The first-order valence-electron chi connectivity index (χ1n) is 11.3. The van der Waals surface area contributed by atoms with Crippen molar-refractivity contribution >= 4 is 33.4 Å². The van der Waals surface area contributed by atoms with Crippen molar-refractivity contribution in [2.45, 2.75) is 23.8 Å². The third kappa shape index (κ3) is 5.68. The summed E-state index contributed by atoms with van der Waals surface area (Å²) < 4.78 is 41.6. The van der Waals surface area contributed by atoms with Crippen LogP contribution in [0.15, 0.2) is 77.7 Å². The lowest BCUT2D eigenvalue weighted by atomic mass is 10.1. The summed E-state index contributed by atoms with van der Waals surface area (Å²) in [5.41, 5.74) is 1.22. The number of amides is 3. The quantitative estimate of drug-likeness (QED) is 0.450. The highest BCUT2D eigenvalue weighted by atomic mass is 32.2. The predicted molar refractivity (Wildman–Crippen MR) is 133 cm³/mol. The number of methoxy groups -OCH3 is 1. The van der Waals surface area contributed by atoms with Gasteiger partial charge in [-0.15, -0.1) is 0 Å². The number of rotatable bonds is 8. The molecule has 3 aromatic rings. The minimum Gasteiger partial charge on any atom is -0.497 e. The molecule has 0 aromatic heterocycles. The maximum Gasteiger partial charge on any atom is 0.257 e. The van der Waals surface area contributed by atoms with E-state index >= 15 is 0 Å². The molecule has 1 heterocycles. The highest BCUT2D eigenvalue weighted by molar-refractivity contribution is 7.89. The molecule has 192 valence electrons. The Morgan fingerprint density at radius 1 is 1.03 bits per heavy atom. The first kappa shape index (κ1) is 26.0. The van der Waals surface area contributed by atoms with E-state index in [1.54, 1.807) is 36.4 Å². The summed E-state index contributed by atoms with van der Waals surface area (Å²) in [4.78, 5) is 42.0. The number of sulfonamides is 1. The maximum atomic E-state index is 13.5. The molecular weight excluding hydrogens is 501 g/mol. The second-order valence-corrected chi connectivity index (χ2v) is 9.99. The molecule has 0 saturated carbocycles. The molecule has 37 heavy (non-hydrogen) atoms. The van der Waals surface area contributed by atoms with Crippen LogP contribution in [0.3, 0.4) is 0 Å². The van der Waals surface area contributed by atoms with E-state index in [9.17, 15) is 27.2 Å². The number of carbonyl (C=O) groups is 3. The van der Waals surface area contributed by atoms with Gasteiger partial charge >= 0.3 is 0 Å². The second kappa shape index (κ2) is 10.5. The van der Waals surface area contributed by atoms with Crippen LogP contribution in [0.2, 0.25) is 0 Å². The Balaban J connectivity index is 1.62. The number of hydrogen-bond acceptors (Lipinski definition) is 6. The highest BCUT2D eigenvalue weighted by Crippen LogP contribution is 2.27. The average Bonchev–Trinajstić information content (AvgIpc) is 3.17. The molecule has 1 atom stereocenters. The number of hydrogen-bond donors (Lipinski definition) is 1. The lowest BCUT2D eigenvalue weighted by Gasteiger charge is -2.28. The number of benzene rings is 3. The van der Waals surface area contributed by atoms with Gasteiger partial charge in [0.1, 0.15) is 17.6 Å². The minimum absolute atomic E-state index is 0.0473. The fourth-order valence-corrected chi connectivity index (χ4v) is 4.63. The zero-order valence-corrected chi connectivity index (χ0v) is 20.7. The monoisotopic (exact) mass is 525 g/mol. The van der Waals surface area contributed by atoms with Crippen molar-refractivity contribution in [1.29, 1.82) is 0 Å². The summed E-state index contributed by atoms with van der Waals surface area (Å²) in [5.74, 6) is -1.53. The summed E-state index contributed by atoms with van der Waals surface area (Å²) in [6, 6.07) is 16.1. The Hall–Kier alpha value is -4.09. The number of carbonyl (C=O) groups excluding carboxylic acids is 3. The zero-order valence-electron chi connectivity index (χ0n) is 19.8. The van der Waals surface area contributed by atoms with Crippen LogP contribution < -0.4 is 14.8 Å². The fraction of sp³-hybridized carbons (Fsp3) is 0.192. The molecule has 4 rings (SSSR count). The topological polar surface area (TPSA) is 127 Å². The molecule has 11 heteroatoms. The van der Waals surface area contributed by atoms with Crippen molar-refractivity contribution in [2.24, 2.45) is 5.14 Å². The molecule has 0 spiro atoms. The van der Waals surface area contributed by atoms with Gasteiger partial charge in [-0.1, -0.05) is 12.1 Å². The lowest BCUT2D eigenvalue weighted by Crippen LogP contribution is -2.46. The van der Waals surface area contributed by atoms with Crippen molar-refractivity contribution in [3.8, 4) is 5.75 Å². The molecule has 0 aliphatic carbocycles. The normalized spacial score (nSPS) is 15.6. The third-order valence-corrected chi connectivity index (χ3v) is 7.00. The zero-order chi connectivity index (χ0) is 26.7. The Kier molecular flexibility index (Phi) is 7.37. The van der Waals surface area contributed by atoms with E-state index in [2.05, 4.69) is 0 Å². The number of anilines is 1. The Labute approximate surface area is 213 Å². The highest BCUT2D eigenvalue weighted by Gasteiger charge is 2.44. The molecule has 9 nitrogen and oxygen atoms in total. The van der Waals surface area contributed by atoms with Crippen LogP contribution in [-0.4, -0.2) is 50.7 Å². The molecule has 0 bridgehead atoms. The van der Waals surface area contributed by atoms with Crippen LogP contribution >= 0.6 is 0 Å². The fourth-order valence-electron chi connectivity index (χ4n) is 4.11. The van der Waals surface area contributed by atoms with E-state index in [0.717, 1.165) is 17.0 Å². The van der Waals surface area contributed by atoms with Crippen LogP contribution in [0.25, 0.3) is 0 Å². The number of nitrogens with two attached hydrogens (primary N) is 1. The van der Waals surface area contributed by atoms with Gasteiger partial charge in [-0.25, -0.2) is 22.8 Å². The molecular formula is C26H24FN3O6S.